The average molecular weight is 172 g/mol. The molecule has 0 amide bonds. The first kappa shape index (κ1) is 8.17. The molecule has 0 radical (unpaired) electrons. The SMILES string of the molecule is CC1=NC(c2cccnc2)=CCC1. The van der Waals surface area contributed by atoms with Crippen LogP contribution >= 0.6 is 0 Å². The molecule has 0 aliphatic carbocycles. The summed E-state index contributed by atoms with van der Waals surface area (Å²) in [6.45, 7) is 2.07. The Labute approximate surface area is 78.0 Å². The minimum absolute atomic E-state index is 1.07. The zero-order valence-electron chi connectivity index (χ0n) is 7.70. The number of pyridine rings is 1. The fourth-order valence-corrected chi connectivity index (χ4v) is 1.42. The third kappa shape index (κ3) is 1.83. The van der Waals surface area contributed by atoms with E-state index in [0.29, 0.717) is 0 Å². The lowest BCUT2D eigenvalue weighted by Crippen LogP contribution is -1.97. The maximum Gasteiger partial charge on any atom is 0.0676 e. The molecule has 1 aliphatic rings. The van der Waals surface area contributed by atoms with Crippen LogP contribution in [0.1, 0.15) is 25.3 Å². The Morgan fingerprint density at radius 3 is 3.00 bits per heavy atom. The van der Waals surface area contributed by atoms with Crippen molar-refractivity contribution in [1.82, 2.24) is 4.98 Å². The van der Waals surface area contributed by atoms with Gasteiger partial charge in [0.2, 0.25) is 0 Å². The Hall–Kier alpha value is -1.44. The normalized spacial score (nSPS) is 16.4. The maximum absolute atomic E-state index is 4.49. The van der Waals surface area contributed by atoms with E-state index < -0.39 is 0 Å². The summed E-state index contributed by atoms with van der Waals surface area (Å²) in [7, 11) is 0. The van der Waals surface area contributed by atoms with E-state index in [4.69, 9.17) is 0 Å². The van der Waals surface area contributed by atoms with Crippen molar-refractivity contribution >= 4 is 11.4 Å². The lowest BCUT2D eigenvalue weighted by Gasteiger charge is -2.09. The highest BCUT2D eigenvalue weighted by atomic mass is 14.8. The molecule has 0 unspecified atom stereocenters. The highest BCUT2D eigenvalue weighted by Gasteiger charge is 2.04. The molecule has 13 heavy (non-hydrogen) atoms. The zero-order chi connectivity index (χ0) is 9.10. The molecule has 0 N–H and O–H groups in total. The zero-order valence-corrected chi connectivity index (χ0v) is 7.70. The van der Waals surface area contributed by atoms with Crippen molar-refractivity contribution in [2.45, 2.75) is 19.8 Å². The van der Waals surface area contributed by atoms with Crippen molar-refractivity contribution < 1.29 is 0 Å². The van der Waals surface area contributed by atoms with E-state index >= 15 is 0 Å². The summed E-state index contributed by atoms with van der Waals surface area (Å²) < 4.78 is 0. The van der Waals surface area contributed by atoms with Crippen LogP contribution in [0.5, 0.6) is 0 Å². The highest BCUT2D eigenvalue weighted by molar-refractivity contribution is 5.89. The van der Waals surface area contributed by atoms with Gasteiger partial charge in [-0.2, -0.15) is 0 Å². The molecule has 0 aromatic carbocycles. The Bertz CT molecular complexity index is 350. The molecular formula is C11H12N2. The summed E-state index contributed by atoms with van der Waals surface area (Å²) >= 11 is 0. The van der Waals surface area contributed by atoms with Gasteiger partial charge in [-0.25, -0.2) is 0 Å². The van der Waals surface area contributed by atoms with E-state index in [9.17, 15) is 0 Å². The molecule has 0 bridgehead atoms. The van der Waals surface area contributed by atoms with Gasteiger partial charge in [0.25, 0.3) is 0 Å². The Kier molecular flexibility index (Phi) is 2.21. The van der Waals surface area contributed by atoms with Crippen molar-refractivity contribution in [2.24, 2.45) is 4.99 Å². The van der Waals surface area contributed by atoms with Gasteiger partial charge in [-0.15, -0.1) is 0 Å². The Balaban J connectivity index is 2.33. The minimum atomic E-state index is 1.07. The van der Waals surface area contributed by atoms with Crippen LogP contribution in [0, 0.1) is 0 Å². The van der Waals surface area contributed by atoms with Gasteiger partial charge in [-0.3, -0.25) is 9.98 Å². The molecule has 2 nitrogen and oxygen atoms in total. The second-order valence-corrected chi connectivity index (χ2v) is 3.22. The fraction of sp³-hybridized carbons (Fsp3) is 0.273. The van der Waals surface area contributed by atoms with Crippen LogP contribution in [-0.2, 0) is 0 Å². The van der Waals surface area contributed by atoms with E-state index in [1.54, 1.807) is 6.20 Å². The van der Waals surface area contributed by atoms with Crippen LogP contribution in [0.4, 0.5) is 0 Å². The van der Waals surface area contributed by atoms with E-state index in [2.05, 4.69) is 23.0 Å². The topological polar surface area (TPSA) is 25.2 Å². The molecule has 1 aliphatic heterocycles. The minimum Gasteiger partial charge on any atom is -0.264 e. The van der Waals surface area contributed by atoms with Crippen LogP contribution in [0.3, 0.4) is 0 Å². The second-order valence-electron chi connectivity index (χ2n) is 3.22. The predicted octanol–water partition coefficient (Wildman–Crippen LogP) is 2.68. The van der Waals surface area contributed by atoms with Gasteiger partial charge < -0.3 is 0 Å². The smallest absolute Gasteiger partial charge is 0.0676 e. The second kappa shape index (κ2) is 3.52. The molecule has 2 heteroatoms. The standard InChI is InChI=1S/C11H12N2/c1-9-4-2-6-11(13-9)10-5-3-7-12-8-10/h3,5-8H,2,4H2,1H3. The molecule has 0 atom stereocenters. The maximum atomic E-state index is 4.49. The first-order chi connectivity index (χ1) is 6.36. The van der Waals surface area contributed by atoms with Crippen LogP contribution in [0.2, 0.25) is 0 Å². The van der Waals surface area contributed by atoms with Crippen molar-refractivity contribution in [3.8, 4) is 0 Å². The molecule has 0 saturated heterocycles. The molecule has 1 aromatic rings. The van der Waals surface area contributed by atoms with Crippen LogP contribution in [0.25, 0.3) is 5.70 Å². The van der Waals surface area contributed by atoms with E-state index in [1.165, 1.54) is 5.71 Å². The summed E-state index contributed by atoms with van der Waals surface area (Å²) in [5.74, 6) is 0. The monoisotopic (exact) mass is 172 g/mol. The molecule has 2 heterocycles. The predicted molar refractivity (Wildman–Crippen MR) is 54.6 cm³/mol. The van der Waals surface area contributed by atoms with Gasteiger partial charge in [0.05, 0.1) is 5.70 Å². The summed E-state index contributed by atoms with van der Waals surface area (Å²) in [6.07, 6.45) is 7.99. The lowest BCUT2D eigenvalue weighted by molar-refractivity contribution is 1.06. The molecule has 66 valence electrons. The third-order valence-electron chi connectivity index (χ3n) is 2.11. The molecule has 2 rings (SSSR count). The van der Waals surface area contributed by atoms with Gasteiger partial charge in [0.1, 0.15) is 0 Å². The quantitative estimate of drug-likeness (QED) is 0.639. The third-order valence-corrected chi connectivity index (χ3v) is 2.11. The first-order valence-electron chi connectivity index (χ1n) is 4.51. The van der Waals surface area contributed by atoms with Crippen molar-refractivity contribution in [2.75, 3.05) is 0 Å². The van der Waals surface area contributed by atoms with Gasteiger partial charge in [0, 0.05) is 23.7 Å². The summed E-state index contributed by atoms with van der Waals surface area (Å²) in [5.41, 5.74) is 3.39. The lowest BCUT2D eigenvalue weighted by atomic mass is 10.1. The molecule has 0 spiro atoms. The van der Waals surface area contributed by atoms with Gasteiger partial charge in [-0.1, -0.05) is 6.08 Å². The number of rotatable bonds is 1. The number of hydrogen-bond donors (Lipinski definition) is 0. The molecule has 0 fully saturated rings. The van der Waals surface area contributed by atoms with Gasteiger partial charge in [-0.05, 0) is 31.9 Å². The Morgan fingerprint density at radius 2 is 2.31 bits per heavy atom. The van der Waals surface area contributed by atoms with Crippen molar-refractivity contribution in [3.63, 3.8) is 0 Å². The van der Waals surface area contributed by atoms with E-state index in [1.807, 2.05) is 18.3 Å². The van der Waals surface area contributed by atoms with Crippen molar-refractivity contribution in [3.05, 3.63) is 36.2 Å². The molecular weight excluding hydrogens is 160 g/mol. The number of hydrogen-bond acceptors (Lipinski definition) is 2. The molecule has 0 saturated carbocycles. The van der Waals surface area contributed by atoms with E-state index in [-0.39, 0.29) is 0 Å². The Morgan fingerprint density at radius 1 is 1.38 bits per heavy atom. The summed E-state index contributed by atoms with van der Waals surface area (Å²) in [5, 5.41) is 0. The molecule has 1 aromatic heterocycles. The van der Waals surface area contributed by atoms with Gasteiger partial charge in [0.15, 0.2) is 0 Å². The van der Waals surface area contributed by atoms with Crippen molar-refractivity contribution in [1.29, 1.82) is 0 Å². The van der Waals surface area contributed by atoms with Crippen LogP contribution in [-0.4, -0.2) is 10.7 Å². The van der Waals surface area contributed by atoms with Gasteiger partial charge >= 0.3 is 0 Å². The van der Waals surface area contributed by atoms with E-state index in [0.717, 1.165) is 24.1 Å². The summed E-state index contributed by atoms with van der Waals surface area (Å²) in [4.78, 5) is 8.57. The first-order valence-corrected chi connectivity index (χ1v) is 4.51. The van der Waals surface area contributed by atoms with Crippen LogP contribution in [0.15, 0.2) is 35.6 Å². The number of nitrogens with zero attached hydrogens (tertiary/aromatic N) is 2. The largest absolute Gasteiger partial charge is 0.264 e. The average Bonchev–Trinajstić information content (AvgIpc) is 2.19. The summed E-state index contributed by atoms with van der Waals surface area (Å²) in [6, 6.07) is 3.98. The van der Waals surface area contributed by atoms with Crippen LogP contribution < -0.4 is 0 Å². The number of aliphatic imine (C=N–C) groups is 1. The number of aromatic nitrogens is 1. The highest BCUT2D eigenvalue weighted by Crippen LogP contribution is 2.20. The number of allylic oxidation sites excluding steroid dienone is 1. The fourth-order valence-electron chi connectivity index (χ4n) is 1.42.